The van der Waals surface area contributed by atoms with Gasteiger partial charge >= 0.3 is 0 Å². The first-order valence-corrected chi connectivity index (χ1v) is 6.62. The highest BCUT2D eigenvalue weighted by Crippen LogP contribution is 2.35. The van der Waals surface area contributed by atoms with Gasteiger partial charge in [0.05, 0.1) is 18.4 Å². The number of nitrogens with zero attached hydrogens (tertiary/aromatic N) is 1. The first kappa shape index (κ1) is 11.7. The summed E-state index contributed by atoms with van der Waals surface area (Å²) in [4.78, 5) is 0. The number of halogens is 1. The average Bonchev–Trinajstić information content (AvgIpc) is 2.99. The Morgan fingerprint density at radius 1 is 1.39 bits per heavy atom. The van der Waals surface area contributed by atoms with Crippen LogP contribution < -0.4 is 5.73 Å². The van der Waals surface area contributed by atoms with Gasteiger partial charge in [0.1, 0.15) is 0 Å². The van der Waals surface area contributed by atoms with Crippen molar-refractivity contribution in [3.63, 3.8) is 0 Å². The van der Waals surface area contributed by atoms with Crippen LogP contribution in [-0.4, -0.2) is 18.4 Å². The molecule has 0 aliphatic carbocycles. The molecule has 1 aromatic heterocycles. The number of nitrogen functional groups attached to an aromatic ring is 1. The minimum absolute atomic E-state index is 0.346. The van der Waals surface area contributed by atoms with Gasteiger partial charge in [-0.05, 0) is 23.6 Å². The predicted octanol–water partition coefficient (Wildman–Crippen LogP) is 3.19. The lowest BCUT2D eigenvalue weighted by Crippen LogP contribution is -1.98. The normalized spacial score (nSPS) is 19.3. The number of rotatable bonds is 2. The van der Waals surface area contributed by atoms with Gasteiger partial charge in [0, 0.05) is 17.0 Å². The van der Waals surface area contributed by atoms with Crippen molar-refractivity contribution in [2.75, 3.05) is 18.9 Å². The van der Waals surface area contributed by atoms with E-state index >= 15 is 0 Å². The number of benzene rings is 1. The number of anilines is 1. The van der Waals surface area contributed by atoms with E-state index in [1.807, 2.05) is 6.07 Å². The first-order chi connectivity index (χ1) is 8.75. The number of ether oxygens (including phenoxy) is 1. The molecule has 1 aliphatic heterocycles. The van der Waals surface area contributed by atoms with E-state index in [-0.39, 0.29) is 0 Å². The number of hydrogen-bond acceptors (Lipinski definition) is 4. The molecule has 1 aromatic carbocycles. The zero-order valence-corrected chi connectivity index (χ0v) is 11.3. The van der Waals surface area contributed by atoms with Crippen molar-refractivity contribution < 1.29 is 9.26 Å². The van der Waals surface area contributed by atoms with Crippen molar-refractivity contribution in [1.29, 1.82) is 0 Å². The Bertz CT molecular complexity index is 562. The van der Waals surface area contributed by atoms with Crippen molar-refractivity contribution >= 4 is 21.8 Å². The molecule has 0 bridgehead atoms. The van der Waals surface area contributed by atoms with E-state index in [1.165, 1.54) is 5.56 Å². The summed E-state index contributed by atoms with van der Waals surface area (Å²) in [6.07, 6.45) is 2.71. The fourth-order valence-corrected chi connectivity index (χ4v) is 2.97. The molecule has 1 saturated heterocycles. The molecule has 2 aromatic rings. The van der Waals surface area contributed by atoms with Crippen LogP contribution in [-0.2, 0) is 4.74 Å². The molecular formula is C13H13BrN2O2. The Morgan fingerprint density at radius 3 is 2.89 bits per heavy atom. The van der Waals surface area contributed by atoms with Crippen molar-refractivity contribution in [2.24, 2.45) is 0 Å². The van der Waals surface area contributed by atoms with Crippen LogP contribution in [0.5, 0.6) is 0 Å². The number of aromatic nitrogens is 1. The van der Waals surface area contributed by atoms with Gasteiger partial charge in [-0.2, -0.15) is 0 Å². The lowest BCUT2D eigenvalue weighted by Gasteiger charge is -2.11. The van der Waals surface area contributed by atoms with Crippen LogP contribution in [0.4, 0.5) is 5.88 Å². The number of nitrogens with two attached hydrogens (primary N) is 1. The molecule has 0 saturated carbocycles. The minimum atomic E-state index is 0.346. The molecule has 18 heavy (non-hydrogen) atoms. The van der Waals surface area contributed by atoms with Crippen molar-refractivity contribution in [2.45, 2.75) is 12.3 Å². The maximum Gasteiger partial charge on any atom is 0.229 e. The zero-order valence-electron chi connectivity index (χ0n) is 9.73. The third kappa shape index (κ3) is 2.04. The van der Waals surface area contributed by atoms with E-state index in [9.17, 15) is 0 Å². The topological polar surface area (TPSA) is 61.3 Å². The molecule has 5 heteroatoms. The van der Waals surface area contributed by atoms with Gasteiger partial charge in [-0.15, -0.1) is 0 Å². The molecule has 2 N–H and O–H groups in total. The summed E-state index contributed by atoms with van der Waals surface area (Å²) in [6, 6.07) is 6.21. The fourth-order valence-electron chi connectivity index (χ4n) is 2.27. The SMILES string of the molecule is Nc1oncc1-c1ccc(C2CCOC2)c(Br)c1. The summed E-state index contributed by atoms with van der Waals surface area (Å²) in [6.45, 7) is 1.64. The summed E-state index contributed by atoms with van der Waals surface area (Å²) < 4.78 is 11.4. The molecule has 2 heterocycles. The summed E-state index contributed by atoms with van der Waals surface area (Å²) >= 11 is 3.62. The molecular weight excluding hydrogens is 296 g/mol. The van der Waals surface area contributed by atoms with Gasteiger partial charge in [-0.3, -0.25) is 0 Å². The Hall–Kier alpha value is -1.33. The minimum Gasteiger partial charge on any atom is -0.381 e. The lowest BCUT2D eigenvalue weighted by molar-refractivity contribution is 0.194. The maximum absolute atomic E-state index is 5.72. The summed E-state index contributed by atoms with van der Waals surface area (Å²) in [5.74, 6) is 0.826. The Balaban J connectivity index is 1.96. The van der Waals surface area contributed by atoms with Crippen LogP contribution in [0.25, 0.3) is 11.1 Å². The summed E-state index contributed by atoms with van der Waals surface area (Å²) in [7, 11) is 0. The second-order valence-electron chi connectivity index (χ2n) is 4.40. The fraction of sp³-hybridized carbons (Fsp3) is 0.308. The van der Waals surface area contributed by atoms with Crippen molar-refractivity contribution in [3.05, 3.63) is 34.4 Å². The van der Waals surface area contributed by atoms with E-state index in [0.717, 1.165) is 35.2 Å². The maximum atomic E-state index is 5.72. The van der Waals surface area contributed by atoms with Crippen LogP contribution in [0, 0.1) is 0 Å². The second-order valence-corrected chi connectivity index (χ2v) is 5.25. The molecule has 1 fully saturated rings. The Morgan fingerprint density at radius 2 is 2.28 bits per heavy atom. The first-order valence-electron chi connectivity index (χ1n) is 5.83. The molecule has 1 aliphatic rings. The van der Waals surface area contributed by atoms with E-state index in [1.54, 1.807) is 6.20 Å². The van der Waals surface area contributed by atoms with Crippen LogP contribution in [0.1, 0.15) is 17.9 Å². The highest BCUT2D eigenvalue weighted by atomic mass is 79.9. The molecule has 0 radical (unpaired) electrons. The predicted molar refractivity (Wildman–Crippen MR) is 72.2 cm³/mol. The van der Waals surface area contributed by atoms with E-state index < -0.39 is 0 Å². The van der Waals surface area contributed by atoms with Crippen molar-refractivity contribution in [3.8, 4) is 11.1 Å². The largest absolute Gasteiger partial charge is 0.381 e. The summed E-state index contributed by atoms with van der Waals surface area (Å²) in [5.41, 5.74) is 8.83. The third-order valence-corrected chi connectivity index (χ3v) is 3.97. The van der Waals surface area contributed by atoms with Gasteiger partial charge in [0.15, 0.2) is 0 Å². The molecule has 94 valence electrons. The highest BCUT2D eigenvalue weighted by Gasteiger charge is 2.20. The van der Waals surface area contributed by atoms with E-state index in [0.29, 0.717) is 11.8 Å². The quantitative estimate of drug-likeness (QED) is 0.925. The Labute approximate surface area is 113 Å². The van der Waals surface area contributed by atoms with Gasteiger partial charge < -0.3 is 15.0 Å². The van der Waals surface area contributed by atoms with Crippen LogP contribution >= 0.6 is 15.9 Å². The third-order valence-electron chi connectivity index (χ3n) is 3.28. The smallest absolute Gasteiger partial charge is 0.229 e. The molecule has 3 rings (SSSR count). The van der Waals surface area contributed by atoms with Gasteiger partial charge in [-0.1, -0.05) is 33.2 Å². The van der Waals surface area contributed by atoms with E-state index in [4.69, 9.17) is 15.0 Å². The average molecular weight is 309 g/mol. The monoisotopic (exact) mass is 308 g/mol. The lowest BCUT2D eigenvalue weighted by atomic mass is 9.96. The van der Waals surface area contributed by atoms with Gasteiger partial charge in [0.25, 0.3) is 0 Å². The number of hydrogen-bond donors (Lipinski definition) is 1. The second kappa shape index (κ2) is 4.74. The van der Waals surface area contributed by atoms with E-state index in [2.05, 4.69) is 33.2 Å². The highest BCUT2D eigenvalue weighted by molar-refractivity contribution is 9.10. The molecule has 0 spiro atoms. The zero-order chi connectivity index (χ0) is 12.5. The molecule has 1 atom stereocenters. The van der Waals surface area contributed by atoms with Crippen LogP contribution in [0.15, 0.2) is 33.4 Å². The standard InChI is InChI=1S/C13H13BrN2O2/c14-12-5-8(11-6-16-18-13(11)15)1-2-10(12)9-3-4-17-7-9/h1-2,5-6,9H,3-4,7,15H2. The molecule has 0 amide bonds. The van der Waals surface area contributed by atoms with Crippen LogP contribution in [0.2, 0.25) is 0 Å². The van der Waals surface area contributed by atoms with Gasteiger partial charge in [0.2, 0.25) is 5.88 Å². The molecule has 1 unspecified atom stereocenters. The van der Waals surface area contributed by atoms with Crippen molar-refractivity contribution in [1.82, 2.24) is 5.16 Å². The Kier molecular flexibility index (Phi) is 3.09. The summed E-state index contributed by atoms with van der Waals surface area (Å²) in [5, 5.41) is 3.69. The van der Waals surface area contributed by atoms with Crippen LogP contribution in [0.3, 0.4) is 0 Å². The van der Waals surface area contributed by atoms with Gasteiger partial charge in [-0.25, -0.2) is 0 Å². The molecule has 4 nitrogen and oxygen atoms in total.